The first kappa shape index (κ1) is 27.4. The second-order valence-electron chi connectivity index (χ2n) is 8.09. The highest BCUT2D eigenvalue weighted by atomic mass is 32.2. The highest BCUT2D eigenvalue weighted by Gasteiger charge is 2.29. The van der Waals surface area contributed by atoms with Crippen molar-refractivity contribution in [1.82, 2.24) is 0 Å². The molecule has 0 heterocycles. The van der Waals surface area contributed by atoms with Crippen LogP contribution in [0.25, 0.3) is 16.7 Å². The first-order chi connectivity index (χ1) is 17.2. The topological polar surface area (TPSA) is 35.5 Å². The van der Waals surface area contributed by atoms with E-state index in [0.29, 0.717) is 19.6 Å². The van der Waals surface area contributed by atoms with Crippen LogP contribution >= 0.6 is 11.8 Å². The highest BCUT2D eigenvalue weighted by Crippen LogP contribution is 2.31. The molecule has 0 aliphatic carbocycles. The van der Waals surface area contributed by atoms with Gasteiger partial charge in [-0.2, -0.15) is 13.2 Å². The number of hydrogen-bond donors (Lipinski definition) is 0. The third-order valence-corrected chi connectivity index (χ3v) is 6.90. The molecule has 3 aromatic carbocycles. The number of hydrogen-bond acceptors (Lipinski definition) is 4. The zero-order valence-electron chi connectivity index (χ0n) is 20.5. The molecule has 0 aromatic heterocycles. The van der Waals surface area contributed by atoms with Gasteiger partial charge in [0.15, 0.2) is 0 Å². The number of halogens is 3. The monoisotopic (exact) mass is 514 g/mol. The van der Waals surface area contributed by atoms with Crippen molar-refractivity contribution >= 4 is 23.3 Å². The fraction of sp³-hybridized carbons (Fsp3) is 0.276. The minimum absolute atomic E-state index is 0.196. The summed E-state index contributed by atoms with van der Waals surface area (Å²) in [4.78, 5) is 13.0. The van der Waals surface area contributed by atoms with Crippen LogP contribution in [0.15, 0.2) is 83.8 Å². The van der Waals surface area contributed by atoms with Gasteiger partial charge in [0.05, 0.1) is 12.2 Å². The third kappa shape index (κ3) is 7.65. The fourth-order valence-corrected chi connectivity index (χ4v) is 4.42. The standard InChI is InChI=1S/C29H29F3O3S/c1-4-27(28(33)34-5-2)36-26-16-14-25(15-17-26)35-19-18-20(3)21-6-8-22(9-7-21)23-10-12-24(13-11-23)29(30,31)32/h6-18,27H,4-5,19H2,1-3H3/b20-18+. The number of carbonyl (C=O) groups excluding carboxylic acids is 1. The quantitative estimate of drug-likeness (QED) is 0.201. The van der Waals surface area contributed by atoms with Gasteiger partial charge in [-0.05, 0) is 85.0 Å². The van der Waals surface area contributed by atoms with Gasteiger partial charge in [0.1, 0.15) is 17.6 Å². The van der Waals surface area contributed by atoms with E-state index < -0.39 is 11.7 Å². The number of carbonyl (C=O) groups is 1. The van der Waals surface area contributed by atoms with E-state index in [-0.39, 0.29) is 11.2 Å². The minimum atomic E-state index is -4.34. The molecule has 1 atom stereocenters. The lowest BCUT2D eigenvalue weighted by molar-refractivity contribution is -0.142. The van der Waals surface area contributed by atoms with E-state index in [0.717, 1.165) is 45.0 Å². The lowest BCUT2D eigenvalue weighted by Gasteiger charge is -2.13. The second kappa shape index (κ2) is 12.7. The van der Waals surface area contributed by atoms with Crippen LogP contribution in [0, 0.1) is 0 Å². The average Bonchev–Trinajstić information content (AvgIpc) is 2.88. The Morgan fingerprint density at radius 2 is 1.50 bits per heavy atom. The SMILES string of the molecule is CCOC(=O)C(CC)Sc1ccc(OC/C=C(\C)c2ccc(-c3ccc(C(F)(F)F)cc3)cc2)cc1. The van der Waals surface area contributed by atoms with E-state index in [1.165, 1.54) is 23.9 Å². The Labute approximate surface area is 214 Å². The molecule has 36 heavy (non-hydrogen) atoms. The average molecular weight is 515 g/mol. The largest absolute Gasteiger partial charge is 0.490 e. The molecule has 190 valence electrons. The van der Waals surface area contributed by atoms with E-state index in [2.05, 4.69) is 0 Å². The Morgan fingerprint density at radius 1 is 0.917 bits per heavy atom. The first-order valence-corrected chi connectivity index (χ1v) is 12.6. The van der Waals surface area contributed by atoms with Crippen molar-refractivity contribution in [3.63, 3.8) is 0 Å². The molecule has 0 fully saturated rings. The van der Waals surface area contributed by atoms with Crippen LogP contribution in [-0.2, 0) is 15.7 Å². The van der Waals surface area contributed by atoms with Crippen molar-refractivity contribution in [1.29, 1.82) is 0 Å². The van der Waals surface area contributed by atoms with Gasteiger partial charge in [-0.15, -0.1) is 11.8 Å². The molecule has 7 heteroatoms. The number of benzene rings is 3. The van der Waals surface area contributed by atoms with Crippen LogP contribution in [0.1, 0.15) is 38.3 Å². The van der Waals surface area contributed by atoms with Crippen LogP contribution in [-0.4, -0.2) is 24.4 Å². The molecule has 0 spiro atoms. The summed E-state index contributed by atoms with van der Waals surface area (Å²) in [5, 5.41) is -0.229. The van der Waals surface area contributed by atoms with Crippen molar-refractivity contribution in [3.05, 3.63) is 90.0 Å². The van der Waals surface area contributed by atoms with Crippen LogP contribution < -0.4 is 4.74 Å². The summed E-state index contributed by atoms with van der Waals surface area (Å²) in [5.74, 6) is 0.531. The Balaban J connectivity index is 1.55. The molecule has 0 bridgehead atoms. The third-order valence-electron chi connectivity index (χ3n) is 5.55. The Hall–Kier alpha value is -3.19. The predicted octanol–water partition coefficient (Wildman–Crippen LogP) is 8.29. The smallest absolute Gasteiger partial charge is 0.416 e. The summed E-state index contributed by atoms with van der Waals surface area (Å²) in [7, 11) is 0. The van der Waals surface area contributed by atoms with E-state index in [1.807, 2.05) is 68.5 Å². The highest BCUT2D eigenvalue weighted by molar-refractivity contribution is 8.00. The molecule has 0 amide bonds. The number of thioether (sulfide) groups is 1. The lowest BCUT2D eigenvalue weighted by atomic mass is 10.00. The molecule has 3 nitrogen and oxygen atoms in total. The van der Waals surface area contributed by atoms with Gasteiger partial charge in [-0.1, -0.05) is 43.3 Å². The predicted molar refractivity (Wildman–Crippen MR) is 139 cm³/mol. The van der Waals surface area contributed by atoms with Gasteiger partial charge in [0.25, 0.3) is 0 Å². The van der Waals surface area contributed by atoms with Crippen LogP contribution in [0.3, 0.4) is 0 Å². The summed E-state index contributed by atoms with van der Waals surface area (Å²) < 4.78 is 49.3. The molecular formula is C29H29F3O3S. The van der Waals surface area contributed by atoms with Crippen molar-refractivity contribution in [2.75, 3.05) is 13.2 Å². The van der Waals surface area contributed by atoms with Crippen molar-refractivity contribution in [2.45, 2.75) is 43.5 Å². The van der Waals surface area contributed by atoms with Gasteiger partial charge in [-0.3, -0.25) is 4.79 Å². The number of esters is 1. The zero-order chi connectivity index (χ0) is 26.1. The summed E-state index contributed by atoms with van der Waals surface area (Å²) in [6, 6.07) is 20.4. The number of alkyl halides is 3. The molecule has 1 unspecified atom stereocenters. The van der Waals surface area contributed by atoms with Crippen LogP contribution in [0.4, 0.5) is 13.2 Å². The lowest BCUT2D eigenvalue weighted by Crippen LogP contribution is -2.19. The van der Waals surface area contributed by atoms with Gasteiger partial charge in [0, 0.05) is 4.90 Å². The molecule has 0 saturated carbocycles. The summed E-state index contributed by atoms with van der Waals surface area (Å²) in [5.41, 5.74) is 2.96. The van der Waals surface area contributed by atoms with E-state index >= 15 is 0 Å². The molecule has 0 N–H and O–H groups in total. The van der Waals surface area contributed by atoms with E-state index in [4.69, 9.17) is 9.47 Å². The maximum Gasteiger partial charge on any atom is 0.416 e. The molecule has 0 aliphatic heterocycles. The molecule has 3 aromatic rings. The summed E-state index contributed by atoms with van der Waals surface area (Å²) >= 11 is 1.48. The van der Waals surface area contributed by atoms with Crippen molar-refractivity contribution < 1.29 is 27.4 Å². The minimum Gasteiger partial charge on any atom is -0.490 e. The van der Waals surface area contributed by atoms with E-state index in [9.17, 15) is 18.0 Å². The summed E-state index contributed by atoms with van der Waals surface area (Å²) in [6.07, 6.45) is -1.67. The Kier molecular flexibility index (Phi) is 9.65. The number of allylic oxidation sites excluding steroid dienone is 1. The maximum absolute atomic E-state index is 12.8. The molecule has 3 rings (SSSR count). The molecule has 0 saturated heterocycles. The molecule has 0 radical (unpaired) electrons. The van der Waals surface area contributed by atoms with Gasteiger partial charge >= 0.3 is 12.1 Å². The van der Waals surface area contributed by atoms with Gasteiger partial charge in [0.2, 0.25) is 0 Å². The number of rotatable bonds is 10. The maximum atomic E-state index is 12.8. The second-order valence-corrected chi connectivity index (χ2v) is 9.36. The fourth-order valence-electron chi connectivity index (χ4n) is 3.47. The molecule has 0 aliphatic rings. The van der Waals surface area contributed by atoms with Crippen molar-refractivity contribution in [2.24, 2.45) is 0 Å². The Bertz CT molecular complexity index is 1150. The van der Waals surface area contributed by atoms with Crippen LogP contribution in [0.5, 0.6) is 5.75 Å². The zero-order valence-corrected chi connectivity index (χ0v) is 21.3. The van der Waals surface area contributed by atoms with Crippen LogP contribution in [0.2, 0.25) is 0 Å². The van der Waals surface area contributed by atoms with Gasteiger partial charge in [-0.25, -0.2) is 0 Å². The number of ether oxygens (including phenoxy) is 2. The Morgan fingerprint density at radius 3 is 2.03 bits per heavy atom. The van der Waals surface area contributed by atoms with E-state index in [1.54, 1.807) is 6.92 Å². The van der Waals surface area contributed by atoms with Gasteiger partial charge < -0.3 is 9.47 Å². The first-order valence-electron chi connectivity index (χ1n) is 11.7. The van der Waals surface area contributed by atoms with Crippen molar-refractivity contribution in [3.8, 4) is 16.9 Å². The molecular weight excluding hydrogens is 485 g/mol. The summed E-state index contributed by atoms with van der Waals surface area (Å²) in [6.45, 7) is 6.51. The normalized spacial score (nSPS) is 12.8.